The maximum atomic E-state index is 13.5. The number of methoxy groups -OCH3 is 1. The van der Waals surface area contributed by atoms with Crippen LogP contribution in [0.4, 0.5) is 4.39 Å². The Morgan fingerprint density at radius 3 is 2.61 bits per heavy atom. The Kier molecular flexibility index (Phi) is 4.07. The van der Waals surface area contributed by atoms with Crippen LogP contribution in [0.3, 0.4) is 0 Å². The number of hydrogen-bond acceptors (Lipinski definition) is 3. The third-order valence-corrected chi connectivity index (χ3v) is 3.81. The zero-order valence-corrected chi connectivity index (χ0v) is 10.7. The molecule has 1 fully saturated rings. The number of ether oxygens (including phenoxy) is 1. The van der Waals surface area contributed by atoms with Crippen LogP contribution < -0.4 is 10.5 Å². The van der Waals surface area contributed by atoms with Crippen LogP contribution >= 0.6 is 0 Å². The van der Waals surface area contributed by atoms with E-state index in [2.05, 4.69) is 0 Å². The van der Waals surface area contributed by atoms with E-state index in [9.17, 15) is 9.50 Å². The molecule has 0 unspecified atom stereocenters. The summed E-state index contributed by atoms with van der Waals surface area (Å²) in [6.07, 6.45) is 5.64. The van der Waals surface area contributed by atoms with Gasteiger partial charge in [0.2, 0.25) is 0 Å². The molecule has 0 saturated heterocycles. The maximum Gasteiger partial charge on any atom is 0.163 e. The summed E-state index contributed by atoms with van der Waals surface area (Å²) < 4.78 is 18.4. The van der Waals surface area contributed by atoms with Crippen LogP contribution in [0.25, 0.3) is 0 Å². The van der Waals surface area contributed by atoms with Gasteiger partial charge in [0.15, 0.2) is 11.5 Å². The molecule has 1 aliphatic rings. The van der Waals surface area contributed by atoms with Gasteiger partial charge >= 0.3 is 0 Å². The molecule has 0 aliphatic heterocycles. The summed E-state index contributed by atoms with van der Waals surface area (Å²) in [5, 5.41) is 10.0. The molecule has 2 rings (SSSR count). The molecule has 1 aromatic rings. The number of phenols is 1. The molecular formula is C14H20FNO2. The lowest BCUT2D eigenvalue weighted by atomic mass is 9.81. The van der Waals surface area contributed by atoms with Gasteiger partial charge in [0.05, 0.1) is 7.11 Å². The van der Waals surface area contributed by atoms with Crippen molar-refractivity contribution in [2.24, 2.45) is 11.7 Å². The summed E-state index contributed by atoms with van der Waals surface area (Å²) >= 11 is 0. The summed E-state index contributed by atoms with van der Waals surface area (Å²) in [6.45, 7) is 0. The lowest BCUT2D eigenvalue weighted by molar-refractivity contribution is 0.298. The Morgan fingerprint density at radius 1 is 1.33 bits per heavy atom. The molecule has 1 aliphatic carbocycles. The van der Waals surface area contributed by atoms with Crippen LogP contribution in [-0.2, 0) is 0 Å². The van der Waals surface area contributed by atoms with Crippen molar-refractivity contribution in [1.82, 2.24) is 0 Å². The highest BCUT2D eigenvalue weighted by atomic mass is 19.1. The van der Waals surface area contributed by atoms with Crippen molar-refractivity contribution in [3.8, 4) is 11.5 Å². The highest BCUT2D eigenvalue weighted by Gasteiger charge is 2.25. The number of rotatable bonds is 3. The van der Waals surface area contributed by atoms with Gasteiger partial charge in [-0.05, 0) is 24.8 Å². The minimum absolute atomic E-state index is 0.0306. The molecule has 4 heteroatoms. The summed E-state index contributed by atoms with van der Waals surface area (Å²) in [4.78, 5) is 0. The third kappa shape index (κ3) is 2.58. The van der Waals surface area contributed by atoms with E-state index in [1.807, 2.05) is 0 Å². The third-order valence-electron chi connectivity index (χ3n) is 3.81. The second-order valence-electron chi connectivity index (χ2n) is 4.97. The van der Waals surface area contributed by atoms with Crippen LogP contribution in [0.15, 0.2) is 12.1 Å². The molecule has 0 radical (unpaired) electrons. The number of nitrogens with two attached hydrogens (primary N) is 1. The largest absolute Gasteiger partial charge is 0.504 e. The molecule has 3 nitrogen and oxygen atoms in total. The molecule has 0 amide bonds. The molecule has 0 heterocycles. The number of benzene rings is 1. The minimum Gasteiger partial charge on any atom is -0.504 e. The molecule has 1 atom stereocenters. The smallest absolute Gasteiger partial charge is 0.163 e. The van der Waals surface area contributed by atoms with E-state index >= 15 is 0 Å². The molecule has 100 valence electrons. The first kappa shape index (κ1) is 13.1. The van der Waals surface area contributed by atoms with E-state index in [4.69, 9.17) is 10.5 Å². The molecule has 18 heavy (non-hydrogen) atoms. The van der Waals surface area contributed by atoms with Crippen LogP contribution in [0, 0.1) is 11.7 Å². The standard InChI is InChI=1S/C14H20FNO2/c1-18-12-8-10(15)7-11(14(12)17)13(16)9-5-3-2-4-6-9/h7-9,13,17H,2-6,16H2,1H3/t13-/m1/s1. The normalized spacial score (nSPS) is 18.6. The zero-order chi connectivity index (χ0) is 13.1. The van der Waals surface area contributed by atoms with Gasteiger partial charge < -0.3 is 15.6 Å². The van der Waals surface area contributed by atoms with E-state index in [-0.39, 0.29) is 17.5 Å². The van der Waals surface area contributed by atoms with Crippen molar-refractivity contribution in [2.75, 3.05) is 7.11 Å². The quantitative estimate of drug-likeness (QED) is 0.870. The first-order valence-corrected chi connectivity index (χ1v) is 6.45. The average molecular weight is 253 g/mol. The second-order valence-corrected chi connectivity index (χ2v) is 4.97. The molecular weight excluding hydrogens is 233 g/mol. The topological polar surface area (TPSA) is 55.5 Å². The summed E-state index contributed by atoms with van der Waals surface area (Å²) in [6, 6.07) is 2.17. The molecule has 0 aromatic heterocycles. The number of hydrogen-bond donors (Lipinski definition) is 2. The Hall–Kier alpha value is -1.29. The molecule has 0 bridgehead atoms. The highest BCUT2D eigenvalue weighted by Crippen LogP contribution is 2.40. The van der Waals surface area contributed by atoms with Crippen molar-refractivity contribution in [3.05, 3.63) is 23.5 Å². The predicted molar refractivity (Wildman–Crippen MR) is 68.1 cm³/mol. The molecule has 1 saturated carbocycles. The fraction of sp³-hybridized carbons (Fsp3) is 0.571. The van der Waals surface area contributed by atoms with Crippen LogP contribution in [-0.4, -0.2) is 12.2 Å². The lowest BCUT2D eigenvalue weighted by Gasteiger charge is -2.28. The monoisotopic (exact) mass is 253 g/mol. The zero-order valence-electron chi connectivity index (χ0n) is 10.7. The fourth-order valence-electron chi connectivity index (χ4n) is 2.75. The van der Waals surface area contributed by atoms with Crippen molar-refractivity contribution in [3.63, 3.8) is 0 Å². The summed E-state index contributed by atoms with van der Waals surface area (Å²) in [5.41, 5.74) is 6.64. The van der Waals surface area contributed by atoms with Crippen LogP contribution in [0.2, 0.25) is 0 Å². The van der Waals surface area contributed by atoms with E-state index in [1.54, 1.807) is 0 Å². The highest BCUT2D eigenvalue weighted by molar-refractivity contribution is 5.47. The van der Waals surface area contributed by atoms with Gasteiger partial charge in [-0.15, -0.1) is 0 Å². The minimum atomic E-state index is -0.425. The Morgan fingerprint density at radius 2 is 2.00 bits per heavy atom. The Labute approximate surface area is 107 Å². The average Bonchev–Trinajstić information content (AvgIpc) is 2.41. The van der Waals surface area contributed by atoms with Crippen molar-refractivity contribution in [2.45, 2.75) is 38.1 Å². The van der Waals surface area contributed by atoms with E-state index in [0.717, 1.165) is 25.7 Å². The van der Waals surface area contributed by atoms with E-state index in [0.29, 0.717) is 11.5 Å². The lowest BCUT2D eigenvalue weighted by Crippen LogP contribution is -2.23. The fourth-order valence-corrected chi connectivity index (χ4v) is 2.75. The van der Waals surface area contributed by atoms with Crippen LogP contribution in [0.1, 0.15) is 43.7 Å². The Bertz CT molecular complexity index is 417. The number of halogens is 1. The van der Waals surface area contributed by atoms with Gasteiger partial charge in [0.25, 0.3) is 0 Å². The van der Waals surface area contributed by atoms with Crippen LogP contribution in [0.5, 0.6) is 11.5 Å². The van der Waals surface area contributed by atoms with Gasteiger partial charge in [-0.1, -0.05) is 19.3 Å². The summed E-state index contributed by atoms with van der Waals surface area (Å²) in [5.74, 6) is 0.00954. The van der Waals surface area contributed by atoms with Crippen molar-refractivity contribution < 1.29 is 14.2 Å². The SMILES string of the molecule is COc1cc(F)cc([C@H](N)C2CCCCC2)c1O. The van der Waals surface area contributed by atoms with E-state index in [1.165, 1.54) is 25.7 Å². The van der Waals surface area contributed by atoms with Gasteiger partial charge in [-0.2, -0.15) is 0 Å². The number of phenolic OH excluding ortho intramolecular Hbond substituents is 1. The second kappa shape index (κ2) is 5.57. The first-order valence-electron chi connectivity index (χ1n) is 6.45. The Balaban J connectivity index is 2.28. The molecule has 0 spiro atoms. The summed E-state index contributed by atoms with van der Waals surface area (Å²) in [7, 11) is 1.41. The maximum absolute atomic E-state index is 13.5. The van der Waals surface area contributed by atoms with Gasteiger partial charge in [-0.3, -0.25) is 0 Å². The van der Waals surface area contributed by atoms with Gasteiger partial charge in [-0.25, -0.2) is 4.39 Å². The molecule has 1 aromatic carbocycles. The van der Waals surface area contributed by atoms with Gasteiger partial charge in [0, 0.05) is 17.7 Å². The van der Waals surface area contributed by atoms with E-state index < -0.39 is 5.82 Å². The number of aromatic hydroxyl groups is 1. The van der Waals surface area contributed by atoms with Gasteiger partial charge in [0.1, 0.15) is 5.82 Å². The first-order chi connectivity index (χ1) is 8.63. The van der Waals surface area contributed by atoms with Crippen molar-refractivity contribution >= 4 is 0 Å². The predicted octanol–water partition coefficient (Wildman–Crippen LogP) is 3.12. The molecule has 3 N–H and O–H groups in total. The van der Waals surface area contributed by atoms with Crippen molar-refractivity contribution in [1.29, 1.82) is 0 Å².